The van der Waals surface area contributed by atoms with Crippen LogP contribution in [0.5, 0.6) is 0 Å². The highest BCUT2D eigenvalue weighted by Gasteiger charge is 2.32. The molecular weight excluding hydrogens is 336 g/mol. The summed E-state index contributed by atoms with van der Waals surface area (Å²) in [7, 11) is 0. The molecule has 2 atom stereocenters. The zero-order valence-electron chi connectivity index (χ0n) is 12.7. The molecule has 0 amide bonds. The van der Waals surface area contributed by atoms with Crippen molar-refractivity contribution in [3.05, 3.63) is 35.1 Å². The minimum absolute atomic E-state index is 0. The van der Waals surface area contributed by atoms with Crippen LogP contribution in [-0.4, -0.2) is 31.1 Å². The molecule has 0 aliphatic carbocycles. The molecule has 0 saturated carbocycles. The summed E-state index contributed by atoms with van der Waals surface area (Å²) in [5.74, 6) is -2.63. The molecule has 0 bridgehead atoms. The van der Waals surface area contributed by atoms with Crippen molar-refractivity contribution in [1.82, 2.24) is 10.2 Å². The number of hydrogen-bond acceptors (Lipinski definition) is 2. The maximum atomic E-state index is 14.1. The van der Waals surface area contributed by atoms with Crippen molar-refractivity contribution in [2.24, 2.45) is 5.92 Å². The molecule has 2 rings (SSSR count). The average Bonchev–Trinajstić information content (AvgIpc) is 2.48. The first kappa shape index (κ1) is 21.5. The molecule has 1 unspecified atom stereocenters. The van der Waals surface area contributed by atoms with E-state index < -0.39 is 23.5 Å². The lowest BCUT2D eigenvalue weighted by Gasteiger charge is -2.38. The maximum Gasteiger partial charge on any atom is 0.166 e. The molecule has 1 aromatic rings. The SMILES string of the molecule is CCC(C)[C@H](c1c(F)ccc(F)c1F)N1CCNCC1.Cl.Cl. The summed E-state index contributed by atoms with van der Waals surface area (Å²) in [5.41, 5.74) is -0.124. The molecule has 1 aliphatic heterocycles. The van der Waals surface area contributed by atoms with Crippen LogP contribution in [0, 0.1) is 23.4 Å². The van der Waals surface area contributed by atoms with E-state index in [1.807, 2.05) is 18.7 Å². The third-order valence-electron chi connectivity index (χ3n) is 4.10. The fourth-order valence-corrected chi connectivity index (χ4v) is 2.82. The van der Waals surface area contributed by atoms with E-state index in [1.54, 1.807) is 0 Å². The minimum atomic E-state index is -1.05. The number of benzene rings is 1. The molecule has 0 radical (unpaired) electrons. The van der Waals surface area contributed by atoms with Crippen molar-refractivity contribution in [1.29, 1.82) is 0 Å². The monoisotopic (exact) mass is 358 g/mol. The molecule has 0 aromatic heterocycles. The van der Waals surface area contributed by atoms with Crippen LogP contribution in [-0.2, 0) is 0 Å². The first-order chi connectivity index (χ1) is 9.56. The van der Waals surface area contributed by atoms with E-state index in [2.05, 4.69) is 5.32 Å². The van der Waals surface area contributed by atoms with E-state index >= 15 is 0 Å². The highest BCUT2D eigenvalue weighted by atomic mass is 35.5. The van der Waals surface area contributed by atoms with Crippen LogP contribution >= 0.6 is 24.8 Å². The van der Waals surface area contributed by atoms with Crippen LogP contribution < -0.4 is 5.32 Å². The summed E-state index contributed by atoms with van der Waals surface area (Å²) >= 11 is 0. The van der Waals surface area contributed by atoms with Crippen molar-refractivity contribution < 1.29 is 13.2 Å². The molecule has 0 spiro atoms. The van der Waals surface area contributed by atoms with Gasteiger partial charge in [-0.05, 0) is 18.1 Å². The predicted molar refractivity (Wildman–Crippen MR) is 87.5 cm³/mol. The molecule has 1 heterocycles. The van der Waals surface area contributed by atoms with E-state index in [-0.39, 0.29) is 36.3 Å². The van der Waals surface area contributed by atoms with Gasteiger partial charge in [-0.15, -0.1) is 24.8 Å². The summed E-state index contributed by atoms with van der Waals surface area (Å²) in [6, 6.07) is 1.45. The van der Waals surface area contributed by atoms with Crippen LogP contribution in [0.1, 0.15) is 31.9 Å². The van der Waals surface area contributed by atoms with Gasteiger partial charge in [-0.2, -0.15) is 0 Å². The highest BCUT2D eigenvalue weighted by molar-refractivity contribution is 5.85. The van der Waals surface area contributed by atoms with Gasteiger partial charge in [0.2, 0.25) is 0 Å². The number of rotatable bonds is 4. The lowest BCUT2D eigenvalue weighted by molar-refractivity contribution is 0.121. The van der Waals surface area contributed by atoms with Gasteiger partial charge in [0.05, 0.1) is 0 Å². The zero-order chi connectivity index (χ0) is 14.7. The van der Waals surface area contributed by atoms with Gasteiger partial charge in [-0.25, -0.2) is 13.2 Å². The molecule has 128 valence electrons. The lowest BCUT2D eigenvalue weighted by atomic mass is 9.89. The van der Waals surface area contributed by atoms with Gasteiger partial charge in [0.25, 0.3) is 0 Å². The van der Waals surface area contributed by atoms with Gasteiger partial charge in [0.1, 0.15) is 5.82 Å². The van der Waals surface area contributed by atoms with Gasteiger partial charge in [0.15, 0.2) is 11.6 Å². The normalized spacial score (nSPS) is 18.0. The third-order valence-corrected chi connectivity index (χ3v) is 4.10. The Morgan fingerprint density at radius 3 is 2.18 bits per heavy atom. The molecule has 22 heavy (non-hydrogen) atoms. The van der Waals surface area contributed by atoms with Crippen LogP contribution in [0.2, 0.25) is 0 Å². The topological polar surface area (TPSA) is 15.3 Å². The van der Waals surface area contributed by atoms with Crippen LogP contribution in [0.15, 0.2) is 12.1 Å². The third kappa shape index (κ3) is 4.51. The standard InChI is InChI=1S/C15H21F3N2.2ClH/c1-3-10(2)15(20-8-6-19-7-9-20)13-11(16)4-5-12(17)14(13)18;;/h4-5,10,15,19H,3,6-9H2,1-2H3;2*1H/t10?,15-;;/m1../s1. The number of nitrogens with zero attached hydrogens (tertiary/aromatic N) is 1. The van der Waals surface area contributed by atoms with Gasteiger partial charge in [-0.1, -0.05) is 20.3 Å². The Morgan fingerprint density at radius 1 is 1.09 bits per heavy atom. The Labute approximate surface area is 142 Å². The average molecular weight is 359 g/mol. The van der Waals surface area contributed by atoms with E-state index in [0.717, 1.165) is 31.6 Å². The Kier molecular flexibility index (Phi) is 9.39. The fraction of sp³-hybridized carbons (Fsp3) is 0.600. The van der Waals surface area contributed by atoms with E-state index in [1.165, 1.54) is 0 Å². The van der Waals surface area contributed by atoms with Crippen molar-refractivity contribution in [3.8, 4) is 0 Å². The summed E-state index contributed by atoms with van der Waals surface area (Å²) in [5, 5.41) is 3.22. The van der Waals surface area contributed by atoms with Crippen molar-refractivity contribution in [2.45, 2.75) is 26.3 Å². The second-order valence-electron chi connectivity index (χ2n) is 5.37. The summed E-state index contributed by atoms with van der Waals surface area (Å²) in [4.78, 5) is 2.05. The first-order valence-corrected chi connectivity index (χ1v) is 7.14. The molecule has 1 fully saturated rings. The van der Waals surface area contributed by atoms with E-state index in [0.29, 0.717) is 13.1 Å². The largest absolute Gasteiger partial charge is 0.314 e. The number of piperazine rings is 1. The van der Waals surface area contributed by atoms with E-state index in [9.17, 15) is 13.2 Å². The minimum Gasteiger partial charge on any atom is -0.314 e. The smallest absolute Gasteiger partial charge is 0.166 e. The molecule has 1 saturated heterocycles. The van der Waals surface area contributed by atoms with Crippen molar-refractivity contribution in [2.75, 3.05) is 26.2 Å². The fourth-order valence-electron chi connectivity index (χ4n) is 2.82. The molecule has 1 aromatic carbocycles. The van der Waals surface area contributed by atoms with Gasteiger partial charge >= 0.3 is 0 Å². The van der Waals surface area contributed by atoms with Crippen LogP contribution in [0.25, 0.3) is 0 Å². The number of hydrogen-bond donors (Lipinski definition) is 1. The molecule has 1 aliphatic rings. The van der Waals surface area contributed by atoms with Gasteiger partial charge < -0.3 is 5.32 Å². The summed E-state index contributed by atoms with van der Waals surface area (Å²) in [6.07, 6.45) is 0.782. The number of nitrogens with one attached hydrogen (secondary N) is 1. The first-order valence-electron chi connectivity index (χ1n) is 7.14. The second-order valence-corrected chi connectivity index (χ2v) is 5.37. The zero-order valence-corrected chi connectivity index (χ0v) is 14.4. The van der Waals surface area contributed by atoms with Crippen molar-refractivity contribution >= 4 is 24.8 Å². The van der Waals surface area contributed by atoms with Gasteiger partial charge in [0, 0.05) is 37.8 Å². The Balaban J connectivity index is 0.00000220. The Hall–Kier alpha value is -0.490. The quantitative estimate of drug-likeness (QED) is 0.820. The summed E-state index contributed by atoms with van der Waals surface area (Å²) < 4.78 is 41.7. The van der Waals surface area contributed by atoms with Crippen LogP contribution in [0.3, 0.4) is 0 Å². The van der Waals surface area contributed by atoms with Crippen molar-refractivity contribution in [3.63, 3.8) is 0 Å². The predicted octanol–water partition coefficient (Wildman–Crippen LogP) is 3.94. The maximum absolute atomic E-state index is 14.1. The van der Waals surface area contributed by atoms with E-state index in [4.69, 9.17) is 0 Å². The number of halogens is 5. The molecule has 7 heteroatoms. The molecule has 1 N–H and O–H groups in total. The molecular formula is C15H23Cl2F3N2. The van der Waals surface area contributed by atoms with Crippen LogP contribution in [0.4, 0.5) is 13.2 Å². The second kappa shape index (κ2) is 9.60. The van der Waals surface area contributed by atoms with Gasteiger partial charge in [-0.3, -0.25) is 4.90 Å². The highest BCUT2D eigenvalue weighted by Crippen LogP contribution is 2.35. The summed E-state index contributed by atoms with van der Waals surface area (Å²) in [6.45, 7) is 6.93. The molecule has 2 nitrogen and oxygen atoms in total. The Bertz CT molecular complexity index is 468. The lowest BCUT2D eigenvalue weighted by Crippen LogP contribution is -2.47. The Morgan fingerprint density at radius 2 is 1.64 bits per heavy atom.